The molecule has 0 aliphatic carbocycles. The van der Waals surface area contributed by atoms with E-state index in [0.29, 0.717) is 0 Å². The maximum Gasteiger partial charge on any atom is 0.269 e. The Hall–Kier alpha value is -2.44. The van der Waals surface area contributed by atoms with Gasteiger partial charge >= 0.3 is 0 Å². The fourth-order valence-corrected chi connectivity index (χ4v) is 1.53. The third-order valence-electron chi connectivity index (χ3n) is 2.44. The van der Waals surface area contributed by atoms with Crippen molar-refractivity contribution in [3.05, 3.63) is 46.8 Å². The molecule has 0 bridgehead atoms. The Morgan fingerprint density at radius 3 is 2.72 bits per heavy atom. The van der Waals surface area contributed by atoms with Gasteiger partial charge in [0.1, 0.15) is 0 Å². The molecule has 0 aliphatic rings. The van der Waals surface area contributed by atoms with Gasteiger partial charge in [-0.1, -0.05) is 5.21 Å². The van der Waals surface area contributed by atoms with E-state index in [1.807, 2.05) is 6.20 Å². The number of nitro groups is 1. The fourth-order valence-electron chi connectivity index (χ4n) is 1.53. The molecule has 1 aromatic carbocycles. The van der Waals surface area contributed by atoms with Gasteiger partial charge in [-0.2, -0.15) is 0 Å². The maximum atomic E-state index is 10.5. The van der Waals surface area contributed by atoms with E-state index < -0.39 is 4.92 Å². The molecular formula is C11H13N5O2. The second-order valence-electron chi connectivity index (χ2n) is 3.75. The lowest BCUT2D eigenvalue weighted by Gasteiger charge is -2.05. The molecule has 2 rings (SSSR count). The van der Waals surface area contributed by atoms with Crippen LogP contribution >= 0.6 is 0 Å². The van der Waals surface area contributed by atoms with E-state index in [0.717, 1.165) is 25.2 Å². The summed E-state index contributed by atoms with van der Waals surface area (Å²) >= 11 is 0. The minimum absolute atomic E-state index is 0.100. The molecule has 0 unspecified atom stereocenters. The summed E-state index contributed by atoms with van der Waals surface area (Å²) in [4.78, 5) is 10.1. The first-order chi connectivity index (χ1) is 8.75. The van der Waals surface area contributed by atoms with E-state index in [2.05, 4.69) is 15.6 Å². The summed E-state index contributed by atoms with van der Waals surface area (Å²) in [5.74, 6) is 0. The molecule has 0 saturated carbocycles. The molecule has 0 fully saturated rings. The monoisotopic (exact) mass is 247 g/mol. The lowest BCUT2D eigenvalue weighted by Crippen LogP contribution is -2.07. The highest BCUT2D eigenvalue weighted by Crippen LogP contribution is 2.15. The van der Waals surface area contributed by atoms with Gasteiger partial charge in [0.05, 0.1) is 11.1 Å². The molecule has 94 valence electrons. The number of nitrogens with zero attached hydrogens (tertiary/aromatic N) is 4. The van der Waals surface area contributed by atoms with Crippen LogP contribution in [0.25, 0.3) is 0 Å². The summed E-state index contributed by atoms with van der Waals surface area (Å²) in [6.45, 7) is 1.57. The number of rotatable bonds is 6. The molecule has 0 radical (unpaired) electrons. The lowest BCUT2D eigenvalue weighted by atomic mass is 10.3. The van der Waals surface area contributed by atoms with Gasteiger partial charge in [-0.05, 0) is 18.6 Å². The number of non-ortho nitro benzene ring substituents is 1. The Morgan fingerprint density at radius 1 is 1.33 bits per heavy atom. The predicted octanol–water partition coefficient (Wildman–Crippen LogP) is 1.69. The number of hydrogen-bond donors (Lipinski definition) is 1. The molecule has 0 aliphatic heterocycles. The summed E-state index contributed by atoms with van der Waals surface area (Å²) in [7, 11) is 0. The van der Waals surface area contributed by atoms with Gasteiger partial charge in [0, 0.05) is 37.1 Å². The zero-order valence-corrected chi connectivity index (χ0v) is 9.69. The first-order valence-corrected chi connectivity index (χ1v) is 5.58. The number of nitrogens with one attached hydrogen (secondary N) is 1. The van der Waals surface area contributed by atoms with Crippen LogP contribution in [0.5, 0.6) is 0 Å². The van der Waals surface area contributed by atoms with Crippen LogP contribution in [0.15, 0.2) is 36.7 Å². The first kappa shape index (κ1) is 12.0. The van der Waals surface area contributed by atoms with E-state index in [9.17, 15) is 10.1 Å². The van der Waals surface area contributed by atoms with Crippen molar-refractivity contribution in [3.8, 4) is 0 Å². The number of aryl methyl sites for hydroxylation is 1. The molecule has 18 heavy (non-hydrogen) atoms. The molecule has 0 atom stereocenters. The summed E-state index contributed by atoms with van der Waals surface area (Å²) in [5, 5.41) is 21.2. The van der Waals surface area contributed by atoms with Crippen molar-refractivity contribution in [2.75, 3.05) is 11.9 Å². The van der Waals surface area contributed by atoms with Crippen LogP contribution in [0, 0.1) is 10.1 Å². The summed E-state index contributed by atoms with van der Waals surface area (Å²) in [6.07, 6.45) is 4.36. The molecule has 1 N–H and O–H groups in total. The van der Waals surface area contributed by atoms with Gasteiger partial charge in [-0.25, -0.2) is 0 Å². The Labute approximate surface area is 104 Å². The van der Waals surface area contributed by atoms with Gasteiger partial charge in [0.25, 0.3) is 5.69 Å². The van der Waals surface area contributed by atoms with Crippen molar-refractivity contribution < 1.29 is 4.92 Å². The molecule has 7 nitrogen and oxygen atoms in total. The van der Waals surface area contributed by atoms with E-state index >= 15 is 0 Å². The third-order valence-corrected chi connectivity index (χ3v) is 2.44. The van der Waals surface area contributed by atoms with Crippen LogP contribution in [0.2, 0.25) is 0 Å². The smallest absolute Gasteiger partial charge is 0.269 e. The van der Waals surface area contributed by atoms with E-state index in [4.69, 9.17) is 0 Å². The van der Waals surface area contributed by atoms with Crippen LogP contribution in [-0.4, -0.2) is 26.5 Å². The summed E-state index contributed by atoms with van der Waals surface area (Å²) in [5.41, 5.74) is 0.974. The fraction of sp³-hybridized carbons (Fsp3) is 0.273. The van der Waals surface area contributed by atoms with E-state index in [-0.39, 0.29) is 5.69 Å². The van der Waals surface area contributed by atoms with Gasteiger partial charge in [0.2, 0.25) is 0 Å². The Kier molecular flexibility index (Phi) is 3.85. The number of aromatic nitrogens is 3. The van der Waals surface area contributed by atoms with Crippen LogP contribution in [0.4, 0.5) is 11.4 Å². The highest BCUT2D eigenvalue weighted by molar-refractivity contribution is 5.48. The minimum Gasteiger partial charge on any atom is -0.385 e. The van der Waals surface area contributed by atoms with Crippen LogP contribution in [0.1, 0.15) is 6.42 Å². The van der Waals surface area contributed by atoms with Gasteiger partial charge in [-0.15, -0.1) is 5.10 Å². The number of hydrogen-bond acceptors (Lipinski definition) is 5. The highest BCUT2D eigenvalue weighted by Gasteiger charge is 2.03. The van der Waals surface area contributed by atoms with Crippen molar-refractivity contribution in [1.82, 2.24) is 15.0 Å². The molecule has 1 aromatic heterocycles. The standard InChI is InChI=1S/C11H13N5O2/c17-16(18)11-4-2-10(3-5-11)12-6-1-8-15-9-7-13-14-15/h2-5,7,9,12H,1,6,8H2. The second kappa shape index (κ2) is 5.76. The molecular weight excluding hydrogens is 234 g/mol. The molecule has 0 amide bonds. The quantitative estimate of drug-likeness (QED) is 0.477. The topological polar surface area (TPSA) is 85.9 Å². The van der Waals surface area contributed by atoms with Crippen molar-refractivity contribution in [3.63, 3.8) is 0 Å². The highest BCUT2D eigenvalue weighted by atomic mass is 16.6. The largest absolute Gasteiger partial charge is 0.385 e. The molecule has 7 heteroatoms. The Morgan fingerprint density at radius 2 is 2.11 bits per heavy atom. The third kappa shape index (κ3) is 3.27. The zero-order valence-electron chi connectivity index (χ0n) is 9.69. The van der Waals surface area contributed by atoms with Crippen LogP contribution < -0.4 is 5.32 Å². The van der Waals surface area contributed by atoms with E-state index in [1.54, 1.807) is 23.0 Å². The zero-order chi connectivity index (χ0) is 12.8. The molecule has 0 spiro atoms. The summed E-state index contributed by atoms with van der Waals surface area (Å²) in [6, 6.07) is 6.38. The number of nitro benzene ring substituents is 1. The Bertz CT molecular complexity index is 495. The SMILES string of the molecule is O=[N+]([O-])c1ccc(NCCCn2ccnn2)cc1. The minimum atomic E-state index is -0.408. The van der Waals surface area contributed by atoms with Gasteiger partial charge in [0.15, 0.2) is 0 Å². The Balaban J connectivity index is 1.75. The number of benzene rings is 1. The van der Waals surface area contributed by atoms with Crippen LogP contribution in [-0.2, 0) is 6.54 Å². The second-order valence-corrected chi connectivity index (χ2v) is 3.75. The average molecular weight is 247 g/mol. The van der Waals surface area contributed by atoms with Crippen molar-refractivity contribution in [2.24, 2.45) is 0 Å². The normalized spacial score (nSPS) is 10.2. The van der Waals surface area contributed by atoms with Gasteiger partial charge in [-0.3, -0.25) is 14.8 Å². The van der Waals surface area contributed by atoms with Gasteiger partial charge < -0.3 is 5.32 Å². The molecule has 1 heterocycles. The van der Waals surface area contributed by atoms with Crippen molar-refractivity contribution >= 4 is 11.4 Å². The lowest BCUT2D eigenvalue weighted by molar-refractivity contribution is -0.384. The van der Waals surface area contributed by atoms with Crippen molar-refractivity contribution in [1.29, 1.82) is 0 Å². The predicted molar refractivity (Wildman–Crippen MR) is 66.2 cm³/mol. The molecule has 0 saturated heterocycles. The van der Waals surface area contributed by atoms with E-state index in [1.165, 1.54) is 12.1 Å². The average Bonchev–Trinajstić information content (AvgIpc) is 2.88. The summed E-state index contributed by atoms with van der Waals surface area (Å²) < 4.78 is 1.76. The number of anilines is 1. The van der Waals surface area contributed by atoms with Crippen molar-refractivity contribution in [2.45, 2.75) is 13.0 Å². The first-order valence-electron chi connectivity index (χ1n) is 5.58. The maximum absolute atomic E-state index is 10.5. The van der Waals surface area contributed by atoms with Crippen LogP contribution in [0.3, 0.4) is 0 Å². The molecule has 2 aromatic rings.